The molecule has 0 saturated carbocycles. The molecule has 0 radical (unpaired) electrons. The van der Waals surface area contributed by atoms with Crippen molar-refractivity contribution in [3.63, 3.8) is 0 Å². The Labute approximate surface area is 262 Å². The zero-order chi connectivity index (χ0) is 30.2. The lowest BCUT2D eigenvalue weighted by atomic mass is 9.96. The molecule has 0 N–H and O–H groups in total. The first-order valence-electron chi connectivity index (χ1n) is 14.0. The molecule has 1 aliphatic rings. The summed E-state index contributed by atoms with van der Waals surface area (Å²) in [5.41, 5.74) is 5.83. The smallest absolute Gasteiger partial charge is 0.338 e. The predicted octanol–water partition coefficient (Wildman–Crippen LogP) is 6.49. The van der Waals surface area contributed by atoms with E-state index in [0.717, 1.165) is 38.2 Å². The average molecular weight is 628 g/mol. The summed E-state index contributed by atoms with van der Waals surface area (Å²) in [4.78, 5) is 33.8. The summed E-state index contributed by atoms with van der Waals surface area (Å²) in [6.07, 6.45) is 3.98. The number of allylic oxidation sites excluding steroid dienone is 1. The van der Waals surface area contributed by atoms with Gasteiger partial charge in [-0.15, -0.1) is 11.8 Å². The summed E-state index contributed by atoms with van der Waals surface area (Å²) in [6.45, 7) is 6.57. The number of para-hydroxylation sites is 1. The van der Waals surface area contributed by atoms with Gasteiger partial charge >= 0.3 is 5.97 Å². The Morgan fingerprint density at radius 3 is 2.49 bits per heavy atom. The lowest BCUT2D eigenvalue weighted by Gasteiger charge is -2.24. The van der Waals surface area contributed by atoms with Gasteiger partial charge < -0.3 is 9.30 Å². The van der Waals surface area contributed by atoms with Crippen LogP contribution in [0.1, 0.15) is 42.3 Å². The number of thiazole rings is 1. The number of halogens is 1. The van der Waals surface area contributed by atoms with Crippen molar-refractivity contribution >= 4 is 57.6 Å². The van der Waals surface area contributed by atoms with Gasteiger partial charge in [0.05, 0.1) is 28.5 Å². The summed E-state index contributed by atoms with van der Waals surface area (Å²) >= 11 is 9.11. The Bertz CT molecular complexity index is 2070. The Hall–Kier alpha value is -3.85. The van der Waals surface area contributed by atoms with Crippen LogP contribution in [0, 0.1) is 6.92 Å². The first kappa shape index (κ1) is 29.2. The molecule has 3 heterocycles. The average Bonchev–Trinajstić information content (AvgIpc) is 3.46. The third-order valence-corrected chi connectivity index (χ3v) is 9.74. The van der Waals surface area contributed by atoms with Crippen molar-refractivity contribution in [3.8, 4) is 0 Å². The molecular weight excluding hydrogens is 598 g/mol. The molecule has 6 rings (SSSR count). The minimum Gasteiger partial charge on any atom is -0.463 e. The fourth-order valence-corrected chi connectivity index (χ4v) is 7.20. The van der Waals surface area contributed by atoms with Crippen molar-refractivity contribution in [2.45, 2.75) is 38.3 Å². The first-order valence-corrected chi connectivity index (χ1v) is 16.4. The Morgan fingerprint density at radius 1 is 1.07 bits per heavy atom. The standard InChI is InChI=1S/C34H30ClN3O3S2/c1-5-41-33(40)30-20(2)36-34-38(31(30)23-12-16-25(42-4)17-13-23)32(39)29(43-34)18-27-21(3)37(28-9-7-6-8-26(27)28)19-22-10-14-24(35)15-11-22/h6-18,31H,5,19H2,1-4H3/b29-18-. The molecule has 0 fully saturated rings. The van der Waals surface area contributed by atoms with Gasteiger partial charge in [0.15, 0.2) is 4.80 Å². The minimum atomic E-state index is -0.638. The number of carbonyl (C=O) groups is 1. The van der Waals surface area contributed by atoms with Crippen LogP contribution in [0.5, 0.6) is 0 Å². The second kappa shape index (κ2) is 12.0. The third-order valence-electron chi connectivity index (χ3n) is 7.76. The molecule has 1 aliphatic heterocycles. The van der Waals surface area contributed by atoms with Crippen molar-refractivity contribution in [3.05, 3.63) is 131 Å². The van der Waals surface area contributed by atoms with Gasteiger partial charge in [0.25, 0.3) is 5.56 Å². The van der Waals surface area contributed by atoms with Crippen LogP contribution in [0.15, 0.2) is 98.7 Å². The molecule has 2 aromatic heterocycles. The number of esters is 1. The van der Waals surface area contributed by atoms with E-state index in [-0.39, 0.29) is 12.2 Å². The second-order valence-corrected chi connectivity index (χ2v) is 12.6. The monoisotopic (exact) mass is 627 g/mol. The molecule has 0 spiro atoms. The van der Waals surface area contributed by atoms with Crippen molar-refractivity contribution in [1.82, 2.24) is 9.13 Å². The van der Waals surface area contributed by atoms with E-state index >= 15 is 0 Å². The van der Waals surface area contributed by atoms with Crippen LogP contribution in [-0.4, -0.2) is 28.0 Å². The van der Waals surface area contributed by atoms with Crippen LogP contribution in [0.2, 0.25) is 5.02 Å². The summed E-state index contributed by atoms with van der Waals surface area (Å²) < 4.78 is 9.90. The van der Waals surface area contributed by atoms with Crippen molar-refractivity contribution in [2.24, 2.45) is 4.99 Å². The van der Waals surface area contributed by atoms with Crippen LogP contribution in [0.3, 0.4) is 0 Å². The number of ether oxygens (including phenoxy) is 1. The Morgan fingerprint density at radius 2 is 1.79 bits per heavy atom. The fourth-order valence-electron chi connectivity index (χ4n) is 5.64. The van der Waals surface area contributed by atoms with Gasteiger partial charge in [-0.25, -0.2) is 9.79 Å². The number of aromatic nitrogens is 2. The maximum Gasteiger partial charge on any atom is 0.338 e. The number of thioether (sulfide) groups is 1. The quantitative estimate of drug-likeness (QED) is 0.153. The van der Waals surface area contributed by atoms with E-state index in [1.165, 1.54) is 11.3 Å². The van der Waals surface area contributed by atoms with E-state index in [4.69, 9.17) is 21.3 Å². The van der Waals surface area contributed by atoms with Crippen LogP contribution in [-0.2, 0) is 16.1 Å². The van der Waals surface area contributed by atoms with Gasteiger partial charge in [0, 0.05) is 38.6 Å². The molecular formula is C34H30ClN3O3S2. The maximum atomic E-state index is 14.2. The molecule has 218 valence electrons. The van der Waals surface area contributed by atoms with Gasteiger partial charge in [-0.1, -0.05) is 65.4 Å². The molecule has 0 saturated heterocycles. The maximum absolute atomic E-state index is 14.2. The van der Waals surface area contributed by atoms with E-state index in [1.807, 2.05) is 73.0 Å². The van der Waals surface area contributed by atoms with E-state index in [9.17, 15) is 9.59 Å². The Kier molecular flexibility index (Phi) is 8.18. The number of fused-ring (bicyclic) bond motifs is 2. The molecule has 3 aromatic carbocycles. The molecule has 5 aromatic rings. The SMILES string of the molecule is CCOC(=O)C1=C(C)N=c2s/c(=C\c3c(C)n(Cc4ccc(Cl)cc4)c4ccccc34)c(=O)n2C1c1ccc(SC)cc1. The predicted molar refractivity (Wildman–Crippen MR) is 176 cm³/mol. The fraction of sp³-hybridized carbons (Fsp3) is 0.206. The number of nitrogens with zero attached hydrogens (tertiary/aromatic N) is 3. The summed E-state index contributed by atoms with van der Waals surface area (Å²) in [5.74, 6) is -0.460. The molecule has 9 heteroatoms. The molecule has 0 bridgehead atoms. The lowest BCUT2D eigenvalue weighted by molar-refractivity contribution is -0.139. The normalized spacial score (nSPS) is 15.1. The zero-order valence-electron chi connectivity index (χ0n) is 24.3. The number of benzene rings is 3. The molecule has 1 atom stereocenters. The first-order chi connectivity index (χ1) is 20.8. The molecule has 0 amide bonds. The number of carbonyl (C=O) groups excluding carboxylic acids is 1. The zero-order valence-corrected chi connectivity index (χ0v) is 26.6. The topological polar surface area (TPSA) is 65.6 Å². The Balaban J connectivity index is 1.53. The van der Waals surface area contributed by atoms with E-state index in [0.29, 0.717) is 32.2 Å². The summed E-state index contributed by atoms with van der Waals surface area (Å²) in [5, 5.41) is 1.76. The van der Waals surface area contributed by atoms with E-state index in [2.05, 4.69) is 23.6 Å². The van der Waals surface area contributed by atoms with Gasteiger partial charge in [-0.2, -0.15) is 0 Å². The van der Waals surface area contributed by atoms with Crippen LogP contribution in [0.4, 0.5) is 0 Å². The van der Waals surface area contributed by atoms with Crippen molar-refractivity contribution < 1.29 is 9.53 Å². The molecule has 43 heavy (non-hydrogen) atoms. The van der Waals surface area contributed by atoms with Gasteiger partial charge in [-0.05, 0) is 74.6 Å². The highest BCUT2D eigenvalue weighted by atomic mass is 35.5. The van der Waals surface area contributed by atoms with Crippen molar-refractivity contribution in [2.75, 3.05) is 12.9 Å². The number of hydrogen-bond acceptors (Lipinski definition) is 6. The van der Waals surface area contributed by atoms with Crippen molar-refractivity contribution in [1.29, 1.82) is 0 Å². The van der Waals surface area contributed by atoms with Gasteiger partial charge in [0.1, 0.15) is 0 Å². The third kappa shape index (κ3) is 5.39. The highest BCUT2D eigenvalue weighted by Crippen LogP contribution is 2.32. The highest BCUT2D eigenvalue weighted by molar-refractivity contribution is 7.98. The molecule has 1 unspecified atom stereocenters. The summed E-state index contributed by atoms with van der Waals surface area (Å²) in [6, 6.07) is 23.4. The van der Waals surface area contributed by atoms with Gasteiger partial charge in [0.2, 0.25) is 0 Å². The summed E-state index contributed by atoms with van der Waals surface area (Å²) in [7, 11) is 0. The van der Waals surface area contributed by atoms with E-state index < -0.39 is 12.0 Å². The number of rotatable bonds is 7. The van der Waals surface area contributed by atoms with Crippen LogP contribution < -0.4 is 14.9 Å². The molecule has 0 aliphatic carbocycles. The second-order valence-electron chi connectivity index (χ2n) is 10.3. The van der Waals surface area contributed by atoms with Gasteiger partial charge in [-0.3, -0.25) is 9.36 Å². The lowest BCUT2D eigenvalue weighted by Crippen LogP contribution is -2.39. The number of hydrogen-bond donors (Lipinski definition) is 0. The largest absolute Gasteiger partial charge is 0.463 e. The van der Waals surface area contributed by atoms with E-state index in [1.54, 1.807) is 30.2 Å². The van der Waals surface area contributed by atoms with Crippen LogP contribution >= 0.6 is 34.7 Å². The minimum absolute atomic E-state index is 0.189. The highest BCUT2D eigenvalue weighted by Gasteiger charge is 2.33. The molecule has 6 nitrogen and oxygen atoms in total. The van der Waals surface area contributed by atoms with Crippen LogP contribution in [0.25, 0.3) is 17.0 Å².